The van der Waals surface area contributed by atoms with Crippen molar-refractivity contribution in [2.24, 2.45) is 0 Å². The van der Waals surface area contributed by atoms with Crippen LogP contribution in [-0.2, 0) is 0 Å². The number of hydrogen-bond acceptors (Lipinski definition) is 3. The molecule has 0 heterocycles. The van der Waals surface area contributed by atoms with Crippen LogP contribution >= 0.6 is 7.28 Å². The predicted octanol–water partition coefficient (Wildman–Crippen LogP) is 1.64. The number of allylic oxidation sites excluding steroid dienone is 5. The van der Waals surface area contributed by atoms with E-state index in [2.05, 4.69) is 6.58 Å². The van der Waals surface area contributed by atoms with Gasteiger partial charge in [-0.15, -0.1) is 0 Å². The van der Waals surface area contributed by atoms with Crippen LogP contribution in [0.3, 0.4) is 0 Å². The van der Waals surface area contributed by atoms with Crippen molar-refractivity contribution in [2.45, 2.75) is 5.66 Å². The van der Waals surface area contributed by atoms with Crippen LogP contribution in [0.5, 0.6) is 0 Å². The van der Waals surface area contributed by atoms with Gasteiger partial charge in [0.1, 0.15) is 0 Å². The van der Waals surface area contributed by atoms with E-state index in [-0.39, 0.29) is 5.30 Å². The van der Waals surface area contributed by atoms with Gasteiger partial charge in [0.05, 0.1) is 0 Å². The molecule has 0 fully saturated rings. The Balaban J connectivity index is 2.51. The maximum absolute atomic E-state index is 10.3. The third kappa shape index (κ3) is 2.11. The molecule has 1 aromatic carbocycles. The Hall–Kier alpha value is -1.25. The summed E-state index contributed by atoms with van der Waals surface area (Å²) in [5.74, 6) is 0. The molecular weight excluding hydrogens is 235 g/mol. The molecule has 0 radical (unpaired) electrons. The Kier molecular flexibility index (Phi) is 2.80. The van der Waals surface area contributed by atoms with Crippen molar-refractivity contribution in [3.63, 3.8) is 0 Å². The molecule has 1 aliphatic rings. The van der Waals surface area contributed by atoms with Gasteiger partial charge in [0.2, 0.25) is 0 Å². The zero-order valence-electron chi connectivity index (χ0n) is 9.27. The van der Waals surface area contributed by atoms with Crippen LogP contribution in [0.1, 0.15) is 0 Å². The SMILES string of the molecule is C=C1C=CC=CC1P(O)(O)(O)c1ccccc1. The summed E-state index contributed by atoms with van der Waals surface area (Å²) in [5, 5.41) is 0.143. The van der Waals surface area contributed by atoms with E-state index in [1.54, 1.807) is 42.5 Å². The molecule has 2 rings (SSSR count). The summed E-state index contributed by atoms with van der Waals surface area (Å²) in [6.45, 7) is 3.75. The van der Waals surface area contributed by atoms with E-state index < -0.39 is 12.9 Å². The van der Waals surface area contributed by atoms with E-state index in [1.807, 2.05) is 0 Å². The first-order valence-electron chi connectivity index (χ1n) is 5.26. The van der Waals surface area contributed by atoms with Crippen molar-refractivity contribution in [1.82, 2.24) is 0 Å². The van der Waals surface area contributed by atoms with Crippen LogP contribution in [-0.4, -0.2) is 20.3 Å². The van der Waals surface area contributed by atoms with Gasteiger partial charge in [-0.2, -0.15) is 0 Å². The Morgan fingerprint density at radius 2 is 1.65 bits per heavy atom. The summed E-state index contributed by atoms with van der Waals surface area (Å²) >= 11 is 0. The normalized spacial score (nSPS) is 22.2. The van der Waals surface area contributed by atoms with Gasteiger partial charge in [-0.3, -0.25) is 0 Å². The Morgan fingerprint density at radius 1 is 1.00 bits per heavy atom. The number of rotatable bonds is 2. The molecule has 0 saturated carbocycles. The molecule has 3 nitrogen and oxygen atoms in total. The minimum atomic E-state index is -4.96. The maximum atomic E-state index is 10.3. The molecule has 0 aromatic heterocycles. The van der Waals surface area contributed by atoms with Gasteiger partial charge in [0.25, 0.3) is 0 Å². The zero-order chi connectivity index (χ0) is 12.5. The standard InChI is InChI=1S/C13H15O3P/c1-11-7-5-6-10-13(11)17(14,15,16)12-8-3-2-4-9-12/h2-10,13-16H,1H2. The first-order valence-corrected chi connectivity index (χ1v) is 7.42. The minimum absolute atomic E-state index is 0.143. The monoisotopic (exact) mass is 250 g/mol. The molecule has 0 bridgehead atoms. The van der Waals surface area contributed by atoms with Crippen LogP contribution in [0.4, 0.5) is 0 Å². The van der Waals surface area contributed by atoms with Gasteiger partial charge in [-0.1, -0.05) is 0 Å². The van der Waals surface area contributed by atoms with Gasteiger partial charge in [-0.25, -0.2) is 0 Å². The fourth-order valence-corrected chi connectivity index (χ4v) is 4.09. The van der Waals surface area contributed by atoms with E-state index >= 15 is 0 Å². The second-order valence-electron chi connectivity index (χ2n) is 4.14. The average Bonchev–Trinajstić information content (AvgIpc) is 2.30. The van der Waals surface area contributed by atoms with Crippen LogP contribution in [0.2, 0.25) is 0 Å². The first kappa shape index (κ1) is 12.2. The van der Waals surface area contributed by atoms with Gasteiger partial charge in [-0.05, 0) is 0 Å². The van der Waals surface area contributed by atoms with Crippen LogP contribution in [0.15, 0.2) is 66.8 Å². The Bertz CT molecular complexity index is 494. The van der Waals surface area contributed by atoms with Crippen molar-refractivity contribution in [2.75, 3.05) is 0 Å². The molecular formula is C13H15O3P. The fourth-order valence-electron chi connectivity index (χ4n) is 1.91. The van der Waals surface area contributed by atoms with Crippen molar-refractivity contribution in [3.8, 4) is 0 Å². The van der Waals surface area contributed by atoms with Gasteiger partial charge >= 0.3 is 99.7 Å². The predicted molar refractivity (Wildman–Crippen MR) is 70.9 cm³/mol. The second-order valence-corrected chi connectivity index (χ2v) is 7.30. The quantitative estimate of drug-likeness (QED) is 0.699. The molecule has 1 aromatic rings. The average molecular weight is 250 g/mol. The van der Waals surface area contributed by atoms with Crippen LogP contribution in [0, 0.1) is 0 Å². The number of benzene rings is 1. The first-order chi connectivity index (χ1) is 7.90. The van der Waals surface area contributed by atoms with Crippen LogP contribution in [0.25, 0.3) is 0 Å². The fraction of sp³-hybridized carbons (Fsp3) is 0.0769. The molecule has 1 atom stereocenters. The summed E-state index contributed by atoms with van der Waals surface area (Å²) in [4.78, 5) is 31.0. The zero-order valence-corrected chi connectivity index (χ0v) is 10.2. The molecule has 1 aliphatic carbocycles. The third-order valence-electron chi connectivity index (χ3n) is 2.86. The molecule has 4 heteroatoms. The third-order valence-corrected chi connectivity index (χ3v) is 5.68. The molecule has 0 saturated heterocycles. The molecule has 1 unspecified atom stereocenters. The molecule has 0 spiro atoms. The summed E-state index contributed by atoms with van der Waals surface area (Å²) in [5.41, 5.74) is -0.380. The molecule has 90 valence electrons. The Labute approximate surface area is 100 Å². The molecule has 0 aliphatic heterocycles. The van der Waals surface area contributed by atoms with Crippen LogP contribution < -0.4 is 5.30 Å². The van der Waals surface area contributed by atoms with Crippen molar-refractivity contribution in [1.29, 1.82) is 0 Å². The molecule has 17 heavy (non-hydrogen) atoms. The second kappa shape index (κ2) is 3.90. The summed E-state index contributed by atoms with van der Waals surface area (Å²) in [6.07, 6.45) is 6.65. The van der Waals surface area contributed by atoms with Crippen molar-refractivity contribution >= 4 is 12.6 Å². The van der Waals surface area contributed by atoms with Gasteiger partial charge in [0.15, 0.2) is 0 Å². The Morgan fingerprint density at radius 3 is 2.24 bits per heavy atom. The van der Waals surface area contributed by atoms with E-state index in [9.17, 15) is 14.7 Å². The van der Waals surface area contributed by atoms with E-state index in [0.29, 0.717) is 5.57 Å². The van der Waals surface area contributed by atoms with E-state index in [1.165, 1.54) is 12.1 Å². The summed E-state index contributed by atoms with van der Waals surface area (Å²) < 4.78 is 0. The topological polar surface area (TPSA) is 60.7 Å². The summed E-state index contributed by atoms with van der Waals surface area (Å²) in [6, 6.07) is 8.09. The van der Waals surface area contributed by atoms with Crippen molar-refractivity contribution in [3.05, 3.63) is 66.8 Å². The van der Waals surface area contributed by atoms with E-state index in [4.69, 9.17) is 0 Å². The van der Waals surface area contributed by atoms with E-state index in [0.717, 1.165) is 0 Å². The molecule has 3 N–H and O–H groups in total. The van der Waals surface area contributed by atoms with Gasteiger partial charge < -0.3 is 0 Å². The van der Waals surface area contributed by atoms with Gasteiger partial charge in [0, 0.05) is 0 Å². The number of hydrogen-bond donors (Lipinski definition) is 3. The molecule has 0 amide bonds. The van der Waals surface area contributed by atoms with Crippen molar-refractivity contribution < 1.29 is 14.7 Å². The summed E-state index contributed by atoms with van der Waals surface area (Å²) in [7, 11) is -4.96.